The smallest absolute Gasteiger partial charge is 0.371 e. The first-order valence-corrected chi connectivity index (χ1v) is 5.93. The normalized spacial score (nSPS) is 11.8. The Bertz CT molecular complexity index is 385. The minimum absolute atomic E-state index is 0.00921. The number of ether oxygens (including phenoxy) is 1. The summed E-state index contributed by atoms with van der Waals surface area (Å²) in [6.45, 7) is -0.471. The highest BCUT2D eigenvalue weighted by Gasteiger charge is 2.27. The van der Waals surface area contributed by atoms with E-state index >= 15 is 0 Å². The third-order valence-corrected chi connectivity index (χ3v) is 2.61. The minimum atomic E-state index is -4.28. The quantitative estimate of drug-likeness (QED) is 0.810. The van der Waals surface area contributed by atoms with Gasteiger partial charge in [0.25, 0.3) is 0 Å². The van der Waals surface area contributed by atoms with E-state index in [1.165, 1.54) is 0 Å². The van der Waals surface area contributed by atoms with E-state index in [0.29, 0.717) is 23.1 Å². The molecule has 18 heavy (non-hydrogen) atoms. The Balaban J connectivity index is 2.18. The van der Waals surface area contributed by atoms with E-state index in [-0.39, 0.29) is 6.61 Å². The molecule has 0 fully saturated rings. The molecule has 0 aromatic heterocycles. The lowest BCUT2D eigenvalue weighted by molar-refractivity contribution is -0.173. The number of hydrogen-bond donors (Lipinski definition) is 1. The van der Waals surface area contributed by atoms with Gasteiger partial charge in [-0.1, -0.05) is 29.3 Å². The molecule has 0 heterocycles. The van der Waals surface area contributed by atoms with Gasteiger partial charge >= 0.3 is 6.18 Å². The van der Waals surface area contributed by atoms with Crippen molar-refractivity contribution in [1.82, 2.24) is 5.32 Å². The predicted octanol–water partition coefficient (Wildman–Crippen LogP) is 3.66. The van der Waals surface area contributed by atoms with Gasteiger partial charge in [-0.25, -0.2) is 0 Å². The van der Waals surface area contributed by atoms with E-state index in [1.807, 2.05) is 0 Å². The second-order valence-electron chi connectivity index (χ2n) is 3.58. The minimum Gasteiger partial charge on any atom is -0.371 e. The Morgan fingerprint density at radius 3 is 2.56 bits per heavy atom. The lowest BCUT2D eigenvalue weighted by atomic mass is 10.2. The second-order valence-corrected chi connectivity index (χ2v) is 4.42. The van der Waals surface area contributed by atoms with Crippen LogP contribution in [0.1, 0.15) is 5.56 Å². The Labute approximate surface area is 113 Å². The number of halogens is 5. The lowest BCUT2D eigenvalue weighted by Gasteiger charge is -2.09. The molecule has 1 aromatic rings. The van der Waals surface area contributed by atoms with E-state index in [4.69, 9.17) is 23.2 Å². The van der Waals surface area contributed by atoms with Crippen LogP contribution in [0.5, 0.6) is 0 Å². The maximum absolute atomic E-state index is 11.7. The number of benzene rings is 1. The van der Waals surface area contributed by atoms with Crippen molar-refractivity contribution in [2.45, 2.75) is 12.7 Å². The van der Waals surface area contributed by atoms with Gasteiger partial charge in [-0.15, -0.1) is 0 Å². The summed E-state index contributed by atoms with van der Waals surface area (Å²) >= 11 is 11.7. The topological polar surface area (TPSA) is 21.3 Å². The third-order valence-electron chi connectivity index (χ3n) is 2.02. The van der Waals surface area contributed by atoms with Crippen LogP contribution in [0.25, 0.3) is 0 Å². The summed E-state index contributed by atoms with van der Waals surface area (Å²) in [7, 11) is 0. The highest BCUT2D eigenvalue weighted by Crippen LogP contribution is 2.20. The van der Waals surface area contributed by atoms with Crippen LogP contribution < -0.4 is 5.32 Å². The van der Waals surface area contributed by atoms with Gasteiger partial charge in [-0.3, -0.25) is 0 Å². The van der Waals surface area contributed by atoms with E-state index in [2.05, 4.69) is 10.1 Å². The average Bonchev–Trinajstić information content (AvgIpc) is 2.24. The fourth-order valence-corrected chi connectivity index (χ4v) is 1.70. The molecule has 0 aliphatic rings. The molecule has 1 N–H and O–H groups in total. The van der Waals surface area contributed by atoms with Gasteiger partial charge in [-0.2, -0.15) is 13.2 Å². The maximum Gasteiger partial charge on any atom is 0.411 e. The summed E-state index contributed by atoms with van der Waals surface area (Å²) in [5, 5.41) is 3.99. The van der Waals surface area contributed by atoms with Crippen molar-refractivity contribution in [3.05, 3.63) is 33.8 Å². The van der Waals surface area contributed by atoms with Crippen molar-refractivity contribution in [3.8, 4) is 0 Å². The van der Waals surface area contributed by atoms with Gasteiger partial charge in [0.1, 0.15) is 6.61 Å². The van der Waals surface area contributed by atoms with Crippen LogP contribution in [-0.2, 0) is 11.3 Å². The molecule has 102 valence electrons. The van der Waals surface area contributed by atoms with Crippen LogP contribution in [-0.4, -0.2) is 25.9 Å². The first kappa shape index (κ1) is 15.6. The van der Waals surface area contributed by atoms with Crippen LogP contribution in [0, 0.1) is 0 Å². The molecule has 7 heteroatoms. The van der Waals surface area contributed by atoms with Crippen LogP contribution in [0.3, 0.4) is 0 Å². The van der Waals surface area contributed by atoms with E-state index in [1.54, 1.807) is 18.2 Å². The SMILES string of the molecule is FC(F)(F)COCCNCc1ccc(Cl)cc1Cl. The highest BCUT2D eigenvalue weighted by molar-refractivity contribution is 6.35. The summed E-state index contributed by atoms with van der Waals surface area (Å²) in [4.78, 5) is 0. The van der Waals surface area contributed by atoms with Crippen LogP contribution >= 0.6 is 23.2 Å². The number of rotatable bonds is 6. The zero-order valence-corrected chi connectivity index (χ0v) is 10.9. The molecule has 0 spiro atoms. The molecule has 0 atom stereocenters. The van der Waals surface area contributed by atoms with Crippen molar-refractivity contribution in [3.63, 3.8) is 0 Å². The molecule has 1 rings (SSSR count). The molecule has 0 bridgehead atoms. The van der Waals surface area contributed by atoms with Crippen LogP contribution in [0.4, 0.5) is 13.2 Å². The van der Waals surface area contributed by atoms with Crippen molar-refractivity contribution < 1.29 is 17.9 Å². The number of hydrogen-bond acceptors (Lipinski definition) is 2. The molecule has 0 aliphatic heterocycles. The Kier molecular flexibility index (Phi) is 6.21. The third kappa shape index (κ3) is 6.44. The summed E-state index contributed by atoms with van der Waals surface area (Å²) in [6.07, 6.45) is -4.28. The van der Waals surface area contributed by atoms with Gasteiger partial charge < -0.3 is 10.1 Å². The van der Waals surface area contributed by atoms with Crippen molar-refractivity contribution >= 4 is 23.2 Å². The second kappa shape index (κ2) is 7.19. The molecule has 1 aromatic carbocycles. The summed E-state index contributed by atoms with van der Waals surface area (Å²) < 4.78 is 39.7. The Morgan fingerprint density at radius 1 is 1.22 bits per heavy atom. The van der Waals surface area contributed by atoms with Gasteiger partial charge in [0.05, 0.1) is 6.61 Å². The standard InChI is InChI=1S/C11H12Cl2F3NO/c12-9-2-1-8(10(13)5-9)6-17-3-4-18-7-11(14,15)16/h1-2,5,17H,3-4,6-7H2. The van der Waals surface area contributed by atoms with Crippen molar-refractivity contribution in [1.29, 1.82) is 0 Å². The molecular weight excluding hydrogens is 290 g/mol. The highest BCUT2D eigenvalue weighted by atomic mass is 35.5. The van der Waals surface area contributed by atoms with Crippen molar-refractivity contribution in [2.75, 3.05) is 19.8 Å². The zero-order valence-electron chi connectivity index (χ0n) is 9.36. The lowest BCUT2D eigenvalue weighted by Crippen LogP contribution is -2.23. The Hall–Kier alpha value is -0.490. The first-order valence-electron chi connectivity index (χ1n) is 5.17. The summed E-state index contributed by atoms with van der Waals surface area (Å²) in [5.41, 5.74) is 0.830. The summed E-state index contributed by atoms with van der Waals surface area (Å²) in [6, 6.07) is 5.07. The van der Waals surface area contributed by atoms with Gasteiger partial charge in [0.15, 0.2) is 0 Å². The van der Waals surface area contributed by atoms with E-state index < -0.39 is 12.8 Å². The molecule has 0 saturated heterocycles. The van der Waals surface area contributed by atoms with Gasteiger partial charge in [0, 0.05) is 23.1 Å². The maximum atomic E-state index is 11.7. The fraction of sp³-hybridized carbons (Fsp3) is 0.455. The molecule has 0 amide bonds. The van der Waals surface area contributed by atoms with Gasteiger partial charge in [-0.05, 0) is 17.7 Å². The molecule has 0 unspecified atom stereocenters. The van der Waals surface area contributed by atoms with E-state index in [0.717, 1.165) is 5.56 Å². The monoisotopic (exact) mass is 301 g/mol. The van der Waals surface area contributed by atoms with Crippen LogP contribution in [0.2, 0.25) is 10.0 Å². The largest absolute Gasteiger partial charge is 0.411 e. The Morgan fingerprint density at radius 2 is 1.94 bits per heavy atom. The van der Waals surface area contributed by atoms with E-state index in [9.17, 15) is 13.2 Å². The van der Waals surface area contributed by atoms with Crippen LogP contribution in [0.15, 0.2) is 18.2 Å². The molecule has 2 nitrogen and oxygen atoms in total. The number of nitrogens with one attached hydrogen (secondary N) is 1. The fourth-order valence-electron chi connectivity index (χ4n) is 1.22. The molecular formula is C11H12Cl2F3NO. The first-order chi connectivity index (χ1) is 8.38. The van der Waals surface area contributed by atoms with Gasteiger partial charge in [0.2, 0.25) is 0 Å². The summed E-state index contributed by atoms with van der Waals surface area (Å²) in [5.74, 6) is 0. The molecule has 0 radical (unpaired) electrons. The zero-order chi connectivity index (χ0) is 13.6. The van der Waals surface area contributed by atoms with Crippen molar-refractivity contribution in [2.24, 2.45) is 0 Å². The predicted molar refractivity (Wildman–Crippen MR) is 65.0 cm³/mol. The molecule has 0 aliphatic carbocycles. The molecule has 0 saturated carbocycles. The average molecular weight is 302 g/mol. The number of alkyl halides is 3.